The molecule has 0 bridgehead atoms. The number of sulfonamides is 1. The average Bonchev–Trinajstić information content (AvgIpc) is 3.19. The van der Waals surface area contributed by atoms with Crippen molar-refractivity contribution >= 4 is 27.3 Å². The van der Waals surface area contributed by atoms with E-state index >= 15 is 0 Å². The Morgan fingerprint density at radius 3 is 2.70 bits per heavy atom. The lowest BCUT2D eigenvalue weighted by atomic mass is 9.88. The number of aryl methyl sites for hydroxylation is 1. The van der Waals surface area contributed by atoms with Crippen molar-refractivity contribution in [2.75, 3.05) is 13.1 Å². The number of hydrogen-bond acceptors (Lipinski definition) is 4. The summed E-state index contributed by atoms with van der Waals surface area (Å²) in [4.78, 5) is 14.4. The number of likely N-dealkylation sites (tertiary alicyclic amines) is 1. The first-order chi connectivity index (χ1) is 13.0. The number of nitrogens with zero attached hydrogens (tertiary/aromatic N) is 1. The first-order valence-electron chi connectivity index (χ1n) is 9.52. The van der Waals surface area contributed by atoms with Crippen LogP contribution in [0.4, 0.5) is 0 Å². The lowest BCUT2D eigenvalue weighted by Gasteiger charge is -2.26. The van der Waals surface area contributed by atoms with Crippen LogP contribution in [0.25, 0.3) is 0 Å². The number of carbonyl (C=O) groups excluding carboxylic acids is 1. The molecule has 0 unspecified atom stereocenters. The van der Waals surface area contributed by atoms with E-state index in [2.05, 4.69) is 10.8 Å². The molecule has 4 rings (SSSR count). The van der Waals surface area contributed by atoms with E-state index < -0.39 is 10.0 Å². The zero-order valence-electron chi connectivity index (χ0n) is 15.2. The van der Waals surface area contributed by atoms with Crippen molar-refractivity contribution in [3.05, 3.63) is 52.4 Å². The first kappa shape index (κ1) is 18.7. The van der Waals surface area contributed by atoms with Crippen LogP contribution in [0, 0.1) is 0 Å². The smallest absolute Gasteiger partial charge is 0.254 e. The Kier molecular flexibility index (Phi) is 5.34. The summed E-state index contributed by atoms with van der Waals surface area (Å²) in [5.74, 6) is -0.0598. The van der Waals surface area contributed by atoms with E-state index in [-0.39, 0.29) is 16.2 Å². The van der Waals surface area contributed by atoms with Crippen molar-refractivity contribution < 1.29 is 13.2 Å². The standard InChI is InChI=1S/C20H24N2O3S2/c23-20(22-11-4-1-5-12-22)16-13-19(26-14-16)27(24,25)21-18-10-6-8-15-7-2-3-9-17(15)18/h2-3,7,9,13-14,18,21H,1,4-6,8,10-12H2/t18-/m1/s1. The predicted molar refractivity (Wildman–Crippen MR) is 107 cm³/mol. The van der Waals surface area contributed by atoms with E-state index in [4.69, 9.17) is 0 Å². The molecule has 5 nitrogen and oxygen atoms in total. The fourth-order valence-corrected chi connectivity index (χ4v) is 6.39. The summed E-state index contributed by atoms with van der Waals surface area (Å²) in [6.07, 6.45) is 5.93. The highest BCUT2D eigenvalue weighted by Gasteiger charge is 2.28. The van der Waals surface area contributed by atoms with Crippen LogP contribution < -0.4 is 4.72 Å². The Morgan fingerprint density at radius 2 is 1.89 bits per heavy atom. The number of carbonyl (C=O) groups is 1. The highest BCUT2D eigenvalue weighted by atomic mass is 32.2. The summed E-state index contributed by atoms with van der Waals surface area (Å²) in [5.41, 5.74) is 2.75. The molecule has 2 aliphatic rings. The molecule has 144 valence electrons. The van der Waals surface area contributed by atoms with Gasteiger partial charge in [-0.25, -0.2) is 13.1 Å². The summed E-state index contributed by atoms with van der Waals surface area (Å²) in [6.45, 7) is 1.52. The van der Waals surface area contributed by atoms with Crippen LogP contribution in [-0.2, 0) is 16.4 Å². The lowest BCUT2D eigenvalue weighted by molar-refractivity contribution is 0.0725. The van der Waals surface area contributed by atoms with E-state index in [0.29, 0.717) is 5.56 Å². The second-order valence-corrected chi connectivity index (χ2v) is 10.1. The molecule has 1 amide bonds. The van der Waals surface area contributed by atoms with Crippen molar-refractivity contribution in [1.82, 2.24) is 9.62 Å². The summed E-state index contributed by atoms with van der Waals surface area (Å²) < 4.78 is 28.9. The molecule has 1 aliphatic heterocycles. The minimum atomic E-state index is -3.65. The monoisotopic (exact) mass is 404 g/mol. The van der Waals surface area contributed by atoms with Gasteiger partial charge in [-0.1, -0.05) is 24.3 Å². The Hall–Kier alpha value is -1.70. The van der Waals surface area contributed by atoms with Gasteiger partial charge in [0.2, 0.25) is 0 Å². The van der Waals surface area contributed by atoms with Crippen LogP contribution in [0.1, 0.15) is 59.6 Å². The number of benzene rings is 1. The van der Waals surface area contributed by atoms with E-state index in [1.54, 1.807) is 5.38 Å². The molecular weight excluding hydrogens is 380 g/mol. The lowest BCUT2D eigenvalue weighted by Crippen LogP contribution is -2.35. The van der Waals surface area contributed by atoms with Gasteiger partial charge < -0.3 is 4.90 Å². The third-order valence-electron chi connectivity index (χ3n) is 5.40. The van der Waals surface area contributed by atoms with Crippen molar-refractivity contribution in [3.8, 4) is 0 Å². The average molecular weight is 405 g/mol. The molecule has 0 spiro atoms. The molecule has 27 heavy (non-hydrogen) atoms. The zero-order chi connectivity index (χ0) is 18.9. The number of thiophene rings is 1. The normalized spacial score (nSPS) is 20.3. The maximum absolute atomic E-state index is 12.9. The summed E-state index contributed by atoms with van der Waals surface area (Å²) in [6, 6.07) is 9.33. The third kappa shape index (κ3) is 3.95. The molecule has 0 radical (unpaired) electrons. The van der Waals surface area contributed by atoms with Gasteiger partial charge in [-0.2, -0.15) is 0 Å². The quantitative estimate of drug-likeness (QED) is 0.844. The summed E-state index contributed by atoms with van der Waals surface area (Å²) >= 11 is 1.12. The number of nitrogens with one attached hydrogen (secondary N) is 1. The minimum Gasteiger partial charge on any atom is -0.339 e. The number of piperidine rings is 1. The number of amides is 1. The SMILES string of the molecule is O=C(c1csc(S(=O)(=O)N[C@@H]2CCCc3ccccc32)c1)N1CCCCC1. The molecule has 1 N–H and O–H groups in total. The molecular formula is C20H24N2O3S2. The largest absolute Gasteiger partial charge is 0.339 e. The highest BCUT2D eigenvalue weighted by molar-refractivity contribution is 7.91. The second kappa shape index (κ2) is 7.73. The highest BCUT2D eigenvalue weighted by Crippen LogP contribution is 2.32. The van der Waals surface area contributed by atoms with Gasteiger partial charge >= 0.3 is 0 Å². The van der Waals surface area contributed by atoms with Crippen LogP contribution >= 0.6 is 11.3 Å². The van der Waals surface area contributed by atoms with Gasteiger partial charge in [0.1, 0.15) is 4.21 Å². The Labute approximate surface area is 164 Å². The maximum Gasteiger partial charge on any atom is 0.254 e. The van der Waals surface area contributed by atoms with Gasteiger partial charge in [-0.3, -0.25) is 4.79 Å². The van der Waals surface area contributed by atoms with Gasteiger partial charge in [-0.05, 0) is 55.7 Å². The maximum atomic E-state index is 12.9. The van der Waals surface area contributed by atoms with Crippen LogP contribution in [0.5, 0.6) is 0 Å². The molecule has 2 heterocycles. The summed E-state index contributed by atoms with van der Waals surface area (Å²) in [5, 5.41) is 1.67. The van der Waals surface area contributed by atoms with Gasteiger partial charge in [0, 0.05) is 24.5 Å². The summed E-state index contributed by atoms with van der Waals surface area (Å²) in [7, 11) is -3.65. The molecule has 1 aliphatic carbocycles. The molecule has 1 atom stereocenters. The molecule has 2 aromatic rings. The van der Waals surface area contributed by atoms with Crippen LogP contribution in [-0.4, -0.2) is 32.3 Å². The fraction of sp³-hybridized carbons (Fsp3) is 0.450. The van der Waals surface area contributed by atoms with Crippen molar-refractivity contribution in [2.45, 2.75) is 48.8 Å². The van der Waals surface area contributed by atoms with Crippen molar-refractivity contribution in [3.63, 3.8) is 0 Å². The Bertz CT molecular complexity index is 930. The molecule has 1 aromatic carbocycles. The molecule has 7 heteroatoms. The molecule has 1 fully saturated rings. The molecule has 0 saturated carbocycles. The van der Waals surface area contributed by atoms with Gasteiger partial charge in [0.25, 0.3) is 15.9 Å². The topological polar surface area (TPSA) is 66.5 Å². The first-order valence-corrected chi connectivity index (χ1v) is 11.9. The van der Waals surface area contributed by atoms with Gasteiger partial charge in [0.15, 0.2) is 0 Å². The van der Waals surface area contributed by atoms with Crippen LogP contribution in [0.3, 0.4) is 0 Å². The van der Waals surface area contributed by atoms with Crippen molar-refractivity contribution in [2.24, 2.45) is 0 Å². The predicted octanol–water partition coefficient (Wildman–Crippen LogP) is 3.73. The van der Waals surface area contributed by atoms with E-state index in [9.17, 15) is 13.2 Å². The van der Waals surface area contributed by atoms with Crippen LogP contribution in [0.15, 0.2) is 39.9 Å². The van der Waals surface area contributed by atoms with E-state index in [1.165, 1.54) is 11.6 Å². The van der Waals surface area contributed by atoms with Gasteiger partial charge in [-0.15, -0.1) is 11.3 Å². The fourth-order valence-electron chi connectivity index (χ4n) is 3.97. The molecule has 1 aromatic heterocycles. The van der Waals surface area contributed by atoms with Gasteiger partial charge in [0.05, 0.1) is 5.56 Å². The Balaban J connectivity index is 1.52. The van der Waals surface area contributed by atoms with Crippen LogP contribution in [0.2, 0.25) is 0 Å². The second-order valence-electron chi connectivity index (χ2n) is 7.27. The minimum absolute atomic E-state index is 0.0598. The zero-order valence-corrected chi connectivity index (χ0v) is 16.8. The van der Waals surface area contributed by atoms with E-state index in [0.717, 1.165) is 68.5 Å². The van der Waals surface area contributed by atoms with E-state index in [1.807, 2.05) is 23.1 Å². The van der Waals surface area contributed by atoms with Crippen molar-refractivity contribution in [1.29, 1.82) is 0 Å². The number of hydrogen-bond donors (Lipinski definition) is 1. The third-order valence-corrected chi connectivity index (χ3v) is 8.31. The number of rotatable bonds is 4. The Morgan fingerprint density at radius 1 is 1.11 bits per heavy atom. The molecule has 1 saturated heterocycles. The number of fused-ring (bicyclic) bond motifs is 1.